The van der Waals surface area contributed by atoms with Crippen LogP contribution in [-0.2, 0) is 5.41 Å². The molecule has 33 heavy (non-hydrogen) atoms. The van der Waals surface area contributed by atoms with E-state index in [9.17, 15) is 4.79 Å². The lowest BCUT2D eigenvalue weighted by molar-refractivity contribution is 0.102. The third kappa shape index (κ3) is 5.35. The van der Waals surface area contributed by atoms with E-state index >= 15 is 0 Å². The van der Waals surface area contributed by atoms with Gasteiger partial charge in [0.2, 0.25) is 0 Å². The first-order valence-electron chi connectivity index (χ1n) is 10.3. The fourth-order valence-electron chi connectivity index (χ4n) is 2.95. The number of nitrogens with one attached hydrogen (secondary N) is 3. The molecule has 1 aromatic heterocycles. The van der Waals surface area contributed by atoms with E-state index in [0.29, 0.717) is 40.1 Å². The van der Waals surface area contributed by atoms with E-state index in [1.54, 1.807) is 25.2 Å². The quantitative estimate of drug-likeness (QED) is 0.553. The molecule has 0 unspecified atom stereocenters. The summed E-state index contributed by atoms with van der Waals surface area (Å²) in [5.74, 6) is 1.46. The van der Waals surface area contributed by atoms with E-state index in [1.807, 2.05) is 33.8 Å². The van der Waals surface area contributed by atoms with Crippen LogP contribution in [0.15, 0.2) is 68.1 Å². The van der Waals surface area contributed by atoms with E-state index in [-0.39, 0.29) is 17.1 Å². The Morgan fingerprint density at radius 1 is 1.24 bits per heavy atom. The van der Waals surface area contributed by atoms with Crippen molar-refractivity contribution in [1.82, 2.24) is 10.5 Å². The van der Waals surface area contributed by atoms with Gasteiger partial charge in [0, 0.05) is 36.0 Å². The third-order valence-corrected chi connectivity index (χ3v) is 4.79. The molecule has 0 saturated heterocycles. The number of nitrogens with two attached hydrogens (primary N) is 1. The van der Waals surface area contributed by atoms with Crippen molar-refractivity contribution in [2.45, 2.75) is 33.1 Å². The zero-order valence-electron chi connectivity index (χ0n) is 19.4. The number of carbonyl (C=O) groups excluding carboxylic acids is 1. The zero-order valence-corrected chi connectivity index (χ0v) is 19.4. The molecule has 10 nitrogen and oxygen atoms in total. The lowest BCUT2D eigenvalue weighted by Crippen LogP contribution is -2.33. The number of anilines is 2. The van der Waals surface area contributed by atoms with Crippen LogP contribution < -0.4 is 21.7 Å². The predicted octanol–water partition coefficient (Wildman–Crippen LogP) is 3.32. The lowest BCUT2D eigenvalue weighted by Gasteiger charge is -2.17. The number of nitrogens with zero attached hydrogens (tertiary/aromatic N) is 4. The molecule has 1 aromatic carbocycles. The molecule has 0 spiro atoms. The van der Waals surface area contributed by atoms with Crippen molar-refractivity contribution in [2.75, 3.05) is 17.7 Å². The molecule has 1 aliphatic rings. The first kappa shape index (κ1) is 23.5. The Kier molecular flexibility index (Phi) is 6.76. The molecule has 0 radical (unpaired) electrons. The highest BCUT2D eigenvalue weighted by molar-refractivity contribution is 6.49. The second-order valence-electron chi connectivity index (χ2n) is 8.33. The van der Waals surface area contributed by atoms with Gasteiger partial charge in [0.25, 0.3) is 5.91 Å². The summed E-state index contributed by atoms with van der Waals surface area (Å²) >= 11 is 0. The summed E-state index contributed by atoms with van der Waals surface area (Å²) in [6.07, 6.45) is 2.78. The van der Waals surface area contributed by atoms with Gasteiger partial charge >= 0.3 is 0 Å². The van der Waals surface area contributed by atoms with Gasteiger partial charge in [0.1, 0.15) is 29.3 Å². The fraction of sp³-hybridized carbons (Fsp3) is 0.261. The van der Waals surface area contributed by atoms with E-state index in [0.717, 1.165) is 5.56 Å². The molecule has 0 saturated carbocycles. The van der Waals surface area contributed by atoms with E-state index < -0.39 is 0 Å². The maximum Gasteiger partial charge on any atom is 0.256 e. The molecule has 3 rings (SSSR count). The molecule has 1 amide bonds. The normalized spacial score (nSPS) is 16.3. The standard InChI is InChI=1S/C23H28N8O2/c1-7-26-19-18(27-12-28-21(19)25-6)20(24)29-15-10-14(9-8-13(15)2)22(32)30-17-11-16(33-31-17)23(3,4)5/h7-12,29H,1,24H2,2-6H3,(H,25,27,28)(H,30,31,32)/b20-18-,26-19+. The fourth-order valence-corrected chi connectivity index (χ4v) is 2.95. The number of amidine groups is 1. The van der Waals surface area contributed by atoms with Crippen LogP contribution >= 0.6 is 0 Å². The Labute approximate surface area is 192 Å². The lowest BCUT2D eigenvalue weighted by atomic mass is 9.93. The number of hydrogen-bond donors (Lipinski definition) is 4. The molecule has 2 heterocycles. The van der Waals surface area contributed by atoms with Gasteiger partial charge in [0.15, 0.2) is 11.7 Å². The monoisotopic (exact) mass is 448 g/mol. The van der Waals surface area contributed by atoms with Gasteiger partial charge in [-0.2, -0.15) is 0 Å². The molecular weight excluding hydrogens is 420 g/mol. The van der Waals surface area contributed by atoms with Crippen LogP contribution in [0.2, 0.25) is 0 Å². The second-order valence-corrected chi connectivity index (χ2v) is 8.33. The van der Waals surface area contributed by atoms with Crippen molar-refractivity contribution in [1.29, 1.82) is 0 Å². The largest absolute Gasteiger partial charge is 0.383 e. The van der Waals surface area contributed by atoms with Crippen LogP contribution in [0, 0.1) is 6.92 Å². The molecule has 0 atom stereocenters. The Morgan fingerprint density at radius 2 is 2.00 bits per heavy atom. The molecular formula is C23H28N8O2. The molecule has 10 heteroatoms. The summed E-state index contributed by atoms with van der Waals surface area (Å²) < 4.78 is 5.33. The van der Waals surface area contributed by atoms with Crippen molar-refractivity contribution in [3.63, 3.8) is 0 Å². The Bertz CT molecular complexity index is 1200. The topological polar surface area (TPSA) is 142 Å². The van der Waals surface area contributed by atoms with Gasteiger partial charge in [-0.05, 0) is 24.6 Å². The number of amides is 1. The highest BCUT2D eigenvalue weighted by Crippen LogP contribution is 2.25. The molecule has 0 aliphatic carbocycles. The van der Waals surface area contributed by atoms with Gasteiger partial charge in [-0.3, -0.25) is 9.79 Å². The van der Waals surface area contributed by atoms with Crippen molar-refractivity contribution >= 4 is 35.3 Å². The Morgan fingerprint density at radius 3 is 2.64 bits per heavy atom. The van der Waals surface area contributed by atoms with Crippen molar-refractivity contribution in [3.8, 4) is 0 Å². The summed E-state index contributed by atoms with van der Waals surface area (Å²) in [5.41, 5.74) is 8.91. The Balaban J connectivity index is 1.85. The first-order chi connectivity index (χ1) is 15.6. The van der Waals surface area contributed by atoms with E-state index in [2.05, 4.69) is 42.7 Å². The number of benzene rings is 1. The van der Waals surface area contributed by atoms with Crippen LogP contribution in [0.1, 0.15) is 42.5 Å². The Hall–Kier alpha value is -4.21. The maximum atomic E-state index is 12.8. The third-order valence-electron chi connectivity index (χ3n) is 4.79. The number of aryl methyl sites for hydroxylation is 1. The average Bonchev–Trinajstić information content (AvgIpc) is 3.24. The minimum Gasteiger partial charge on any atom is -0.383 e. The van der Waals surface area contributed by atoms with E-state index in [1.165, 1.54) is 12.5 Å². The summed E-state index contributed by atoms with van der Waals surface area (Å²) in [5, 5.41) is 12.8. The van der Waals surface area contributed by atoms with Gasteiger partial charge in [-0.25, -0.2) is 9.98 Å². The molecule has 2 aromatic rings. The first-order valence-corrected chi connectivity index (χ1v) is 10.3. The van der Waals surface area contributed by atoms with Gasteiger partial charge in [0.05, 0.1) is 0 Å². The molecule has 1 aliphatic heterocycles. The second kappa shape index (κ2) is 9.51. The number of carbonyl (C=O) groups is 1. The highest BCUT2D eigenvalue weighted by Gasteiger charge is 2.22. The van der Waals surface area contributed by atoms with Crippen molar-refractivity contribution < 1.29 is 9.32 Å². The summed E-state index contributed by atoms with van der Waals surface area (Å²) in [6.45, 7) is 11.5. The summed E-state index contributed by atoms with van der Waals surface area (Å²) in [4.78, 5) is 25.4. The van der Waals surface area contributed by atoms with Crippen LogP contribution in [0.5, 0.6) is 0 Å². The number of aliphatic imine (C=N–C) groups is 3. The minimum absolute atomic E-state index is 0.213. The van der Waals surface area contributed by atoms with Crippen molar-refractivity contribution in [3.05, 3.63) is 65.4 Å². The maximum absolute atomic E-state index is 12.8. The summed E-state index contributed by atoms with van der Waals surface area (Å²) in [7, 11) is 1.73. The van der Waals surface area contributed by atoms with Crippen LogP contribution in [0.3, 0.4) is 0 Å². The smallest absolute Gasteiger partial charge is 0.256 e. The zero-order chi connectivity index (χ0) is 24.2. The average molecular weight is 449 g/mol. The van der Waals surface area contributed by atoms with Gasteiger partial charge in [-0.15, -0.1) is 0 Å². The summed E-state index contributed by atoms with van der Waals surface area (Å²) in [6, 6.07) is 6.96. The number of aromatic nitrogens is 1. The molecule has 172 valence electrons. The molecule has 5 N–H and O–H groups in total. The van der Waals surface area contributed by atoms with Gasteiger partial charge in [-0.1, -0.05) is 38.6 Å². The van der Waals surface area contributed by atoms with Crippen LogP contribution in [0.25, 0.3) is 0 Å². The highest BCUT2D eigenvalue weighted by atomic mass is 16.5. The number of hydrogen-bond acceptors (Lipinski definition) is 9. The van der Waals surface area contributed by atoms with E-state index in [4.69, 9.17) is 10.3 Å². The van der Waals surface area contributed by atoms with Crippen LogP contribution in [-0.4, -0.2) is 36.0 Å². The van der Waals surface area contributed by atoms with Gasteiger partial charge < -0.3 is 26.2 Å². The molecule has 0 bridgehead atoms. The molecule has 0 fully saturated rings. The SMILES string of the molecule is C=C/N=C1/C(NC)=NC=N/C1=C(/N)Nc1cc(C(=O)Nc2cc(C(C)(C)C)on2)ccc1C. The predicted molar refractivity (Wildman–Crippen MR) is 132 cm³/mol. The minimum atomic E-state index is -0.327. The number of rotatable bonds is 5. The van der Waals surface area contributed by atoms with Crippen LogP contribution in [0.4, 0.5) is 11.5 Å². The van der Waals surface area contributed by atoms with Crippen molar-refractivity contribution in [2.24, 2.45) is 20.7 Å².